The lowest BCUT2D eigenvalue weighted by Crippen LogP contribution is -2.30. The fourth-order valence-electron chi connectivity index (χ4n) is 7.31. The van der Waals surface area contributed by atoms with Crippen LogP contribution in [0, 0.1) is 0 Å². The molecular formula is C69H106O6. The van der Waals surface area contributed by atoms with Gasteiger partial charge >= 0.3 is 17.9 Å². The van der Waals surface area contributed by atoms with E-state index in [9.17, 15) is 14.4 Å². The van der Waals surface area contributed by atoms with E-state index in [1.54, 1.807) is 0 Å². The van der Waals surface area contributed by atoms with Crippen molar-refractivity contribution in [3.63, 3.8) is 0 Å². The van der Waals surface area contributed by atoms with Gasteiger partial charge in [-0.05, 0) is 148 Å². The van der Waals surface area contributed by atoms with E-state index in [0.717, 1.165) is 148 Å². The first kappa shape index (κ1) is 69.8. The number of rotatable bonds is 51. The highest BCUT2D eigenvalue weighted by Gasteiger charge is 2.19. The highest BCUT2D eigenvalue weighted by molar-refractivity contribution is 5.71. The molecule has 1 atom stereocenters. The molecule has 0 fully saturated rings. The summed E-state index contributed by atoms with van der Waals surface area (Å²) in [5.74, 6) is -1.04. The Morgan fingerprint density at radius 3 is 0.880 bits per heavy atom. The SMILES string of the molecule is CC/C=C\C/C=C\C/C=C\C/C=C\C/C=C\C/C=C\C/C=C\CCCC(=O)OCC(COC(=O)CCCCCCC/C=C\C/C=C\CCCCC)OC(=O)CCCCC/C=C\C/C=C\C/C=C\C/C=C\C/C=C\CC. The Morgan fingerprint density at radius 2 is 0.533 bits per heavy atom. The molecule has 0 aromatic rings. The number of ether oxygens (including phenoxy) is 3. The van der Waals surface area contributed by atoms with E-state index in [2.05, 4.69) is 191 Å². The van der Waals surface area contributed by atoms with Crippen molar-refractivity contribution in [2.24, 2.45) is 0 Å². The van der Waals surface area contributed by atoms with E-state index in [-0.39, 0.29) is 44.0 Å². The van der Waals surface area contributed by atoms with Crippen LogP contribution in [0.2, 0.25) is 0 Å². The van der Waals surface area contributed by atoms with Crippen LogP contribution in [0.4, 0.5) is 0 Å². The maximum Gasteiger partial charge on any atom is 0.306 e. The lowest BCUT2D eigenvalue weighted by Gasteiger charge is -2.18. The van der Waals surface area contributed by atoms with Gasteiger partial charge in [0, 0.05) is 19.3 Å². The van der Waals surface area contributed by atoms with Gasteiger partial charge in [-0.1, -0.05) is 229 Å². The van der Waals surface area contributed by atoms with Crippen molar-refractivity contribution in [1.82, 2.24) is 0 Å². The van der Waals surface area contributed by atoms with Gasteiger partial charge in [-0.15, -0.1) is 0 Å². The summed E-state index contributed by atoms with van der Waals surface area (Å²) in [5.41, 5.74) is 0. The second-order valence-electron chi connectivity index (χ2n) is 18.8. The van der Waals surface area contributed by atoms with Gasteiger partial charge in [0.2, 0.25) is 0 Å². The fourth-order valence-corrected chi connectivity index (χ4v) is 7.31. The van der Waals surface area contributed by atoms with E-state index >= 15 is 0 Å². The van der Waals surface area contributed by atoms with Crippen molar-refractivity contribution >= 4 is 17.9 Å². The average Bonchev–Trinajstić information content (AvgIpc) is 3.41. The van der Waals surface area contributed by atoms with E-state index in [4.69, 9.17) is 14.2 Å². The molecule has 0 heterocycles. The Hall–Kier alpha value is -5.23. The number of esters is 3. The molecular weight excluding hydrogens is 925 g/mol. The van der Waals surface area contributed by atoms with Crippen molar-refractivity contribution in [3.05, 3.63) is 170 Å². The van der Waals surface area contributed by atoms with Crippen LogP contribution >= 0.6 is 0 Å². The third-order valence-corrected chi connectivity index (χ3v) is 11.7. The van der Waals surface area contributed by atoms with Crippen LogP contribution in [0.25, 0.3) is 0 Å². The van der Waals surface area contributed by atoms with E-state index < -0.39 is 6.10 Å². The van der Waals surface area contributed by atoms with Crippen molar-refractivity contribution in [1.29, 1.82) is 0 Å². The molecule has 0 N–H and O–H groups in total. The van der Waals surface area contributed by atoms with Crippen molar-refractivity contribution < 1.29 is 28.6 Å². The number of hydrogen-bond acceptors (Lipinski definition) is 6. The fraction of sp³-hybridized carbons (Fsp3) is 0.551. The number of carbonyl (C=O) groups excluding carboxylic acids is 3. The molecule has 0 saturated carbocycles. The molecule has 0 radical (unpaired) electrons. The standard InChI is InChI=1S/C69H106O6/c1-4-7-10-13-16-19-22-25-28-30-32-33-34-35-37-38-41-44-47-50-53-56-59-62-68(71)74-65-66(64-73-67(70)61-58-55-52-49-46-43-40-27-24-21-18-15-12-9-6-3)75-69(72)63-60-57-54-51-48-45-42-39-36-31-29-26-23-20-17-14-11-8-5-2/h7-8,10-11,16-21,25-29,32-33,35-37,39-41,44-45,48,50,53,66H,4-6,9,12-15,22-24,30-31,34,38,42-43,46-47,49,51-52,54-65H2,1-3H3/b10-7-,11-8-,19-16-,20-17-,21-18-,28-25-,29-26-,33-32-,37-35-,39-36-,40-27-,44-41-,48-45-,53-50-. The Labute approximate surface area is 460 Å². The molecule has 0 amide bonds. The maximum atomic E-state index is 12.9. The molecule has 0 rings (SSSR count). The quantitative estimate of drug-likeness (QED) is 0.0261. The van der Waals surface area contributed by atoms with Crippen molar-refractivity contribution in [3.8, 4) is 0 Å². The minimum atomic E-state index is -0.836. The molecule has 0 aliphatic carbocycles. The van der Waals surface area contributed by atoms with Crippen LogP contribution < -0.4 is 0 Å². The zero-order valence-electron chi connectivity index (χ0n) is 47.7. The van der Waals surface area contributed by atoms with Crippen LogP contribution in [0.3, 0.4) is 0 Å². The summed E-state index contributed by atoms with van der Waals surface area (Å²) < 4.78 is 16.8. The molecule has 6 heteroatoms. The zero-order chi connectivity index (χ0) is 54.3. The Balaban J connectivity index is 4.60. The molecule has 418 valence electrons. The average molecular weight is 1030 g/mol. The minimum Gasteiger partial charge on any atom is -0.462 e. The summed E-state index contributed by atoms with van der Waals surface area (Å²) in [7, 11) is 0. The maximum absolute atomic E-state index is 12.9. The Bertz CT molecular complexity index is 1750. The van der Waals surface area contributed by atoms with Gasteiger partial charge in [0.1, 0.15) is 13.2 Å². The normalized spacial score (nSPS) is 13.4. The molecule has 0 aromatic carbocycles. The van der Waals surface area contributed by atoms with Crippen LogP contribution in [-0.4, -0.2) is 37.2 Å². The summed E-state index contributed by atoms with van der Waals surface area (Å²) in [5, 5.41) is 0. The van der Waals surface area contributed by atoms with Crippen molar-refractivity contribution in [2.75, 3.05) is 13.2 Å². The molecule has 0 spiro atoms. The number of hydrogen-bond donors (Lipinski definition) is 0. The van der Waals surface area contributed by atoms with E-state index in [1.807, 2.05) is 0 Å². The molecule has 0 saturated heterocycles. The van der Waals surface area contributed by atoms with Crippen molar-refractivity contribution in [2.45, 2.75) is 232 Å². The highest BCUT2D eigenvalue weighted by atomic mass is 16.6. The minimum absolute atomic E-state index is 0.125. The number of unbranched alkanes of at least 4 members (excludes halogenated alkanes) is 12. The molecule has 0 aliphatic heterocycles. The van der Waals surface area contributed by atoms with Gasteiger partial charge in [0.25, 0.3) is 0 Å². The first-order valence-corrected chi connectivity index (χ1v) is 29.6. The van der Waals surface area contributed by atoms with Gasteiger partial charge < -0.3 is 14.2 Å². The predicted octanol–water partition coefficient (Wildman–Crippen LogP) is 20.3. The van der Waals surface area contributed by atoms with Crippen LogP contribution in [-0.2, 0) is 28.6 Å². The first-order valence-electron chi connectivity index (χ1n) is 29.6. The molecule has 0 aliphatic rings. The van der Waals surface area contributed by atoms with E-state index in [0.29, 0.717) is 19.3 Å². The number of carbonyl (C=O) groups is 3. The summed E-state index contributed by atoms with van der Waals surface area (Å²) in [6.07, 6.45) is 90.6. The van der Waals surface area contributed by atoms with Gasteiger partial charge in [0.05, 0.1) is 0 Å². The first-order chi connectivity index (χ1) is 37.0. The molecule has 0 bridgehead atoms. The summed E-state index contributed by atoms with van der Waals surface area (Å²) >= 11 is 0. The van der Waals surface area contributed by atoms with Gasteiger partial charge in [-0.2, -0.15) is 0 Å². The zero-order valence-corrected chi connectivity index (χ0v) is 47.7. The van der Waals surface area contributed by atoms with Gasteiger partial charge in [-0.25, -0.2) is 0 Å². The van der Waals surface area contributed by atoms with Gasteiger partial charge in [0.15, 0.2) is 6.10 Å². The third kappa shape index (κ3) is 59.5. The highest BCUT2D eigenvalue weighted by Crippen LogP contribution is 2.12. The van der Waals surface area contributed by atoms with Gasteiger partial charge in [-0.3, -0.25) is 14.4 Å². The van der Waals surface area contributed by atoms with Crippen LogP contribution in [0.15, 0.2) is 170 Å². The van der Waals surface area contributed by atoms with Crippen LogP contribution in [0.5, 0.6) is 0 Å². The second-order valence-corrected chi connectivity index (χ2v) is 18.8. The molecule has 75 heavy (non-hydrogen) atoms. The lowest BCUT2D eigenvalue weighted by atomic mass is 10.1. The second kappa shape index (κ2) is 61.3. The summed E-state index contributed by atoms with van der Waals surface area (Å²) in [6.45, 7) is 6.28. The molecule has 0 aromatic heterocycles. The molecule has 6 nitrogen and oxygen atoms in total. The summed E-state index contributed by atoms with van der Waals surface area (Å²) in [6, 6.07) is 0. The number of allylic oxidation sites excluding steroid dienone is 28. The topological polar surface area (TPSA) is 78.9 Å². The smallest absolute Gasteiger partial charge is 0.306 e. The molecule has 1 unspecified atom stereocenters. The predicted molar refractivity (Wildman–Crippen MR) is 325 cm³/mol. The monoisotopic (exact) mass is 1030 g/mol. The Morgan fingerprint density at radius 1 is 0.280 bits per heavy atom. The van der Waals surface area contributed by atoms with Crippen LogP contribution in [0.1, 0.15) is 226 Å². The Kier molecular flexibility index (Phi) is 57.0. The largest absolute Gasteiger partial charge is 0.462 e. The third-order valence-electron chi connectivity index (χ3n) is 11.7. The van der Waals surface area contributed by atoms with E-state index in [1.165, 1.54) is 25.7 Å². The lowest BCUT2D eigenvalue weighted by molar-refractivity contribution is -0.167. The summed E-state index contributed by atoms with van der Waals surface area (Å²) in [4.78, 5) is 38.2.